The Balaban J connectivity index is 3.14. The SMILES string of the molecule is CCCCC(CCC)OS(=O)(=O)c1ccccc1S(=O)(=O)O. The second kappa shape index (κ2) is 8.05. The van der Waals surface area contributed by atoms with E-state index in [1.807, 2.05) is 13.8 Å². The van der Waals surface area contributed by atoms with Crippen molar-refractivity contribution in [2.24, 2.45) is 0 Å². The molecule has 0 aliphatic heterocycles. The van der Waals surface area contributed by atoms with Crippen LogP contribution in [0.4, 0.5) is 0 Å². The van der Waals surface area contributed by atoms with Gasteiger partial charge in [-0.2, -0.15) is 16.8 Å². The van der Waals surface area contributed by atoms with Gasteiger partial charge in [0.15, 0.2) is 0 Å². The molecule has 6 nitrogen and oxygen atoms in total. The maximum Gasteiger partial charge on any atom is 0.298 e. The molecule has 0 saturated carbocycles. The van der Waals surface area contributed by atoms with Crippen LogP contribution in [0.5, 0.6) is 0 Å². The molecule has 1 rings (SSSR count). The van der Waals surface area contributed by atoms with E-state index in [1.165, 1.54) is 12.1 Å². The van der Waals surface area contributed by atoms with Crippen molar-refractivity contribution in [3.8, 4) is 0 Å². The highest BCUT2D eigenvalue weighted by molar-refractivity contribution is 7.89. The molecule has 126 valence electrons. The summed E-state index contributed by atoms with van der Waals surface area (Å²) in [5.74, 6) is 0. The smallest absolute Gasteiger partial charge is 0.282 e. The van der Waals surface area contributed by atoms with E-state index in [-0.39, 0.29) is 0 Å². The second-order valence-corrected chi connectivity index (χ2v) is 7.96. The van der Waals surface area contributed by atoms with E-state index >= 15 is 0 Å². The standard InChI is InChI=1S/C14H22O6S2/c1-3-5-9-12(8-4-2)20-22(18,19)14-11-7-6-10-13(14)21(15,16)17/h6-7,10-12H,3-5,8-9H2,1-2H3,(H,15,16,17). The van der Waals surface area contributed by atoms with Crippen molar-refractivity contribution >= 4 is 20.2 Å². The third-order valence-electron chi connectivity index (χ3n) is 3.15. The largest absolute Gasteiger partial charge is 0.298 e. The lowest BCUT2D eigenvalue weighted by Gasteiger charge is -2.17. The Kier molecular flexibility index (Phi) is 6.98. The summed E-state index contributed by atoms with van der Waals surface area (Å²) in [6.07, 6.45) is 3.13. The van der Waals surface area contributed by atoms with Gasteiger partial charge >= 0.3 is 0 Å². The summed E-state index contributed by atoms with van der Waals surface area (Å²) in [7, 11) is -8.91. The summed E-state index contributed by atoms with van der Waals surface area (Å²) >= 11 is 0. The van der Waals surface area contributed by atoms with Gasteiger partial charge in [-0.15, -0.1) is 0 Å². The minimum absolute atomic E-state index is 0.496. The minimum Gasteiger partial charge on any atom is -0.282 e. The van der Waals surface area contributed by atoms with E-state index in [4.69, 9.17) is 8.74 Å². The van der Waals surface area contributed by atoms with Gasteiger partial charge in [-0.05, 0) is 25.0 Å². The van der Waals surface area contributed by atoms with E-state index in [1.54, 1.807) is 0 Å². The van der Waals surface area contributed by atoms with Gasteiger partial charge in [-0.3, -0.25) is 8.74 Å². The van der Waals surface area contributed by atoms with Gasteiger partial charge in [-0.25, -0.2) is 0 Å². The molecule has 0 bridgehead atoms. The van der Waals surface area contributed by atoms with Crippen LogP contribution in [0, 0.1) is 0 Å². The molecule has 0 aliphatic carbocycles. The highest BCUT2D eigenvalue weighted by atomic mass is 32.2. The van der Waals surface area contributed by atoms with Crippen LogP contribution in [-0.2, 0) is 24.4 Å². The van der Waals surface area contributed by atoms with E-state index in [9.17, 15) is 16.8 Å². The summed E-state index contributed by atoms with van der Waals surface area (Å²) in [5.41, 5.74) is 0. The first-order valence-electron chi connectivity index (χ1n) is 7.22. The summed E-state index contributed by atoms with van der Waals surface area (Å²) in [5, 5.41) is 0. The van der Waals surface area contributed by atoms with Crippen molar-refractivity contribution in [3.63, 3.8) is 0 Å². The normalized spacial score (nSPS) is 14.0. The van der Waals surface area contributed by atoms with E-state index in [0.717, 1.165) is 31.4 Å². The maximum atomic E-state index is 12.4. The molecule has 1 aromatic rings. The molecule has 22 heavy (non-hydrogen) atoms. The highest BCUT2D eigenvalue weighted by Gasteiger charge is 2.28. The Morgan fingerprint density at radius 1 is 1.00 bits per heavy atom. The molecule has 1 aromatic carbocycles. The Labute approximate surface area is 132 Å². The molecular weight excluding hydrogens is 328 g/mol. The molecule has 1 atom stereocenters. The molecule has 8 heteroatoms. The molecule has 0 radical (unpaired) electrons. The first-order valence-corrected chi connectivity index (χ1v) is 10.1. The van der Waals surface area contributed by atoms with Crippen molar-refractivity contribution in [2.75, 3.05) is 0 Å². The first-order chi connectivity index (χ1) is 10.2. The zero-order valence-electron chi connectivity index (χ0n) is 12.7. The topological polar surface area (TPSA) is 97.7 Å². The monoisotopic (exact) mass is 350 g/mol. The molecule has 0 spiro atoms. The fourth-order valence-corrected chi connectivity index (χ4v) is 4.50. The lowest BCUT2D eigenvalue weighted by molar-refractivity contribution is 0.183. The van der Waals surface area contributed by atoms with Crippen molar-refractivity contribution in [2.45, 2.75) is 61.8 Å². The molecule has 0 fully saturated rings. The third-order valence-corrected chi connectivity index (χ3v) is 5.61. The molecule has 0 aliphatic rings. The Morgan fingerprint density at radius 3 is 2.09 bits per heavy atom. The number of hydrogen-bond donors (Lipinski definition) is 1. The van der Waals surface area contributed by atoms with Crippen molar-refractivity contribution in [1.29, 1.82) is 0 Å². The lowest BCUT2D eigenvalue weighted by atomic mass is 10.1. The fourth-order valence-electron chi connectivity index (χ4n) is 2.10. The maximum absolute atomic E-state index is 12.4. The molecule has 0 aromatic heterocycles. The van der Waals surface area contributed by atoms with Gasteiger partial charge < -0.3 is 0 Å². The lowest BCUT2D eigenvalue weighted by Crippen LogP contribution is -2.20. The van der Waals surface area contributed by atoms with Crippen molar-refractivity contribution in [3.05, 3.63) is 24.3 Å². The molecule has 0 heterocycles. The van der Waals surface area contributed by atoms with Gasteiger partial charge in [0.05, 0.1) is 6.10 Å². The van der Waals surface area contributed by atoms with Gasteiger partial charge in [0, 0.05) is 0 Å². The predicted octanol–water partition coefficient (Wildman–Crippen LogP) is 3.00. The van der Waals surface area contributed by atoms with E-state index < -0.39 is 36.1 Å². The first kappa shape index (κ1) is 19.1. The molecule has 1 unspecified atom stereocenters. The van der Waals surface area contributed by atoms with Crippen LogP contribution < -0.4 is 0 Å². The zero-order chi connectivity index (χ0) is 16.8. The van der Waals surface area contributed by atoms with Crippen LogP contribution >= 0.6 is 0 Å². The summed E-state index contributed by atoms with van der Waals surface area (Å²) in [4.78, 5) is -1.20. The highest BCUT2D eigenvalue weighted by Crippen LogP contribution is 2.25. The molecule has 0 saturated heterocycles. The molecule has 0 amide bonds. The Hall–Kier alpha value is -0.960. The van der Waals surface area contributed by atoms with E-state index in [2.05, 4.69) is 0 Å². The van der Waals surface area contributed by atoms with Crippen LogP contribution in [-0.4, -0.2) is 27.5 Å². The molecular formula is C14H22O6S2. The van der Waals surface area contributed by atoms with Crippen LogP contribution in [0.3, 0.4) is 0 Å². The Morgan fingerprint density at radius 2 is 1.59 bits per heavy atom. The van der Waals surface area contributed by atoms with Gasteiger partial charge in [-0.1, -0.05) is 45.2 Å². The minimum atomic E-state index is -4.64. The van der Waals surface area contributed by atoms with Crippen molar-refractivity contribution < 1.29 is 25.6 Å². The van der Waals surface area contributed by atoms with Crippen LogP contribution in [0.1, 0.15) is 46.0 Å². The number of rotatable bonds is 9. The average molecular weight is 350 g/mol. The van der Waals surface area contributed by atoms with Crippen LogP contribution in [0.25, 0.3) is 0 Å². The predicted molar refractivity (Wildman–Crippen MR) is 82.7 cm³/mol. The number of benzene rings is 1. The summed E-state index contributed by atoms with van der Waals surface area (Å²) < 4.78 is 61.7. The second-order valence-electron chi connectivity index (χ2n) is 5.03. The van der Waals surface area contributed by atoms with Gasteiger partial charge in [0.2, 0.25) is 0 Å². The van der Waals surface area contributed by atoms with Gasteiger partial charge in [0.1, 0.15) is 9.79 Å². The average Bonchev–Trinajstić information content (AvgIpc) is 2.44. The zero-order valence-corrected chi connectivity index (χ0v) is 14.4. The Bertz CT molecular complexity index is 679. The quantitative estimate of drug-likeness (QED) is 0.543. The number of hydrogen-bond acceptors (Lipinski definition) is 5. The third kappa shape index (κ3) is 5.35. The van der Waals surface area contributed by atoms with E-state index in [0.29, 0.717) is 12.8 Å². The van der Waals surface area contributed by atoms with Crippen LogP contribution in [0.15, 0.2) is 34.1 Å². The summed E-state index contributed by atoms with van der Waals surface area (Å²) in [6, 6.07) is 4.86. The molecule has 1 N–H and O–H groups in total. The van der Waals surface area contributed by atoms with Crippen molar-refractivity contribution in [1.82, 2.24) is 0 Å². The van der Waals surface area contributed by atoms with Gasteiger partial charge in [0.25, 0.3) is 20.2 Å². The number of unbranched alkanes of at least 4 members (excludes halogenated alkanes) is 1. The summed E-state index contributed by atoms with van der Waals surface area (Å²) in [6.45, 7) is 3.91. The fraction of sp³-hybridized carbons (Fsp3) is 0.571. The van der Waals surface area contributed by atoms with Crippen LogP contribution in [0.2, 0.25) is 0 Å².